The first-order valence-electron chi connectivity index (χ1n) is 6.32. The van der Waals surface area contributed by atoms with Crippen LogP contribution in [0.2, 0.25) is 0 Å². The van der Waals surface area contributed by atoms with Gasteiger partial charge in [-0.2, -0.15) is 0 Å². The number of phenolic OH excluding ortho intramolecular Hbond substituents is 1. The van der Waals surface area contributed by atoms with Gasteiger partial charge in [0.1, 0.15) is 11.8 Å². The van der Waals surface area contributed by atoms with Gasteiger partial charge in [-0.3, -0.25) is 4.79 Å². The van der Waals surface area contributed by atoms with Crippen molar-refractivity contribution < 1.29 is 19.8 Å². The normalized spacial score (nSPS) is 11.8. The van der Waals surface area contributed by atoms with Crippen molar-refractivity contribution in [2.75, 3.05) is 0 Å². The highest BCUT2D eigenvalue weighted by atomic mass is 16.4. The molecule has 0 unspecified atom stereocenters. The third-order valence-corrected chi connectivity index (χ3v) is 2.91. The van der Waals surface area contributed by atoms with Gasteiger partial charge in [-0.25, -0.2) is 9.78 Å². The predicted octanol–water partition coefficient (Wildman–Crippen LogP) is 0.470. The number of H-pyrrole nitrogens is 1. The fourth-order valence-corrected chi connectivity index (χ4v) is 1.86. The summed E-state index contributed by atoms with van der Waals surface area (Å²) in [6.07, 6.45) is 3.15. The van der Waals surface area contributed by atoms with Gasteiger partial charge in [0.15, 0.2) is 0 Å². The van der Waals surface area contributed by atoms with E-state index in [1.807, 2.05) is 0 Å². The van der Waals surface area contributed by atoms with E-state index in [4.69, 9.17) is 10.2 Å². The molecule has 110 valence electrons. The van der Waals surface area contributed by atoms with Crippen LogP contribution in [0.1, 0.15) is 11.3 Å². The molecule has 0 saturated carbocycles. The Labute approximate surface area is 120 Å². The van der Waals surface area contributed by atoms with Gasteiger partial charge in [0.2, 0.25) is 5.91 Å². The Morgan fingerprint density at radius 2 is 2.00 bits per heavy atom. The Morgan fingerprint density at radius 3 is 2.57 bits per heavy atom. The summed E-state index contributed by atoms with van der Waals surface area (Å²) in [5.74, 6) is -1.39. The van der Waals surface area contributed by atoms with Gasteiger partial charge in [-0.15, -0.1) is 0 Å². The molecule has 2 aromatic rings. The van der Waals surface area contributed by atoms with Crippen LogP contribution >= 0.6 is 0 Å². The number of nitrogens with one attached hydrogen (secondary N) is 2. The number of nitrogens with zero attached hydrogens (tertiary/aromatic N) is 1. The second-order valence-corrected chi connectivity index (χ2v) is 4.58. The maximum atomic E-state index is 11.9. The topological polar surface area (TPSA) is 115 Å². The molecule has 7 heteroatoms. The Kier molecular flexibility index (Phi) is 4.55. The predicted molar refractivity (Wildman–Crippen MR) is 73.7 cm³/mol. The number of imidazole rings is 1. The lowest BCUT2D eigenvalue weighted by atomic mass is 10.1. The van der Waals surface area contributed by atoms with Crippen molar-refractivity contribution in [2.45, 2.75) is 18.9 Å². The summed E-state index contributed by atoms with van der Waals surface area (Å²) in [5.41, 5.74) is 1.32. The second-order valence-electron chi connectivity index (χ2n) is 4.58. The minimum absolute atomic E-state index is 0.0486. The van der Waals surface area contributed by atoms with Crippen molar-refractivity contribution in [3.05, 3.63) is 48.0 Å². The molecule has 0 fully saturated rings. The largest absolute Gasteiger partial charge is 0.508 e. The monoisotopic (exact) mass is 289 g/mol. The van der Waals surface area contributed by atoms with E-state index < -0.39 is 17.9 Å². The SMILES string of the molecule is O=C(Cc1ccc(O)cc1)N[C@H](Cc1cnc[nH]1)C(=O)O. The van der Waals surface area contributed by atoms with E-state index in [2.05, 4.69) is 15.3 Å². The van der Waals surface area contributed by atoms with Crippen LogP contribution in [0.4, 0.5) is 0 Å². The highest BCUT2D eigenvalue weighted by Crippen LogP contribution is 2.10. The van der Waals surface area contributed by atoms with Gasteiger partial charge in [0.25, 0.3) is 0 Å². The molecule has 4 N–H and O–H groups in total. The van der Waals surface area contributed by atoms with Crippen LogP contribution in [0.3, 0.4) is 0 Å². The molecule has 0 radical (unpaired) electrons. The van der Waals surface area contributed by atoms with Crippen molar-refractivity contribution in [2.24, 2.45) is 0 Å². The van der Waals surface area contributed by atoms with Gasteiger partial charge in [0, 0.05) is 18.3 Å². The first-order valence-corrected chi connectivity index (χ1v) is 6.32. The molecule has 21 heavy (non-hydrogen) atoms. The third-order valence-electron chi connectivity index (χ3n) is 2.91. The molecule has 1 aromatic carbocycles. The maximum Gasteiger partial charge on any atom is 0.326 e. The molecule has 1 amide bonds. The Hall–Kier alpha value is -2.83. The van der Waals surface area contributed by atoms with E-state index in [1.165, 1.54) is 24.7 Å². The Balaban J connectivity index is 1.95. The molecule has 0 aliphatic rings. The van der Waals surface area contributed by atoms with Crippen LogP contribution in [-0.4, -0.2) is 38.1 Å². The highest BCUT2D eigenvalue weighted by Gasteiger charge is 2.21. The number of benzene rings is 1. The zero-order valence-corrected chi connectivity index (χ0v) is 11.1. The number of carboxylic acid groups (broad SMARTS) is 1. The van der Waals surface area contributed by atoms with Gasteiger partial charge in [0.05, 0.1) is 12.7 Å². The van der Waals surface area contributed by atoms with Gasteiger partial charge in [-0.05, 0) is 17.7 Å². The minimum atomic E-state index is -1.11. The molecule has 0 spiro atoms. The van der Waals surface area contributed by atoms with Crippen molar-refractivity contribution in [1.29, 1.82) is 0 Å². The summed E-state index contributed by atoms with van der Waals surface area (Å²) in [5, 5.41) is 20.8. The van der Waals surface area contributed by atoms with Crippen molar-refractivity contribution in [3.8, 4) is 5.75 Å². The molecule has 2 rings (SSSR count). The number of carbonyl (C=O) groups excluding carboxylic acids is 1. The van der Waals surface area contributed by atoms with E-state index >= 15 is 0 Å². The van der Waals surface area contributed by atoms with Gasteiger partial charge < -0.3 is 20.5 Å². The molecule has 1 heterocycles. The summed E-state index contributed by atoms with van der Waals surface area (Å²) in [6, 6.07) is 5.15. The number of phenols is 1. The first kappa shape index (κ1) is 14.6. The number of rotatable bonds is 6. The van der Waals surface area contributed by atoms with Crippen LogP contribution in [0.15, 0.2) is 36.8 Å². The van der Waals surface area contributed by atoms with Crippen LogP contribution in [0.25, 0.3) is 0 Å². The third kappa shape index (κ3) is 4.34. The summed E-state index contributed by atoms with van der Waals surface area (Å²) in [6.45, 7) is 0. The van der Waals surface area contributed by atoms with E-state index in [-0.39, 0.29) is 18.6 Å². The average Bonchev–Trinajstić information content (AvgIpc) is 2.93. The quantitative estimate of drug-likeness (QED) is 0.617. The zero-order chi connectivity index (χ0) is 15.2. The summed E-state index contributed by atoms with van der Waals surface area (Å²) >= 11 is 0. The number of aliphatic carboxylic acids is 1. The fourth-order valence-electron chi connectivity index (χ4n) is 1.86. The first-order chi connectivity index (χ1) is 10.0. The molecular formula is C14H15N3O4. The van der Waals surface area contributed by atoms with Crippen LogP contribution in [0, 0.1) is 0 Å². The average molecular weight is 289 g/mol. The number of aromatic amines is 1. The van der Waals surface area contributed by atoms with Crippen molar-refractivity contribution in [1.82, 2.24) is 15.3 Å². The number of carbonyl (C=O) groups is 2. The minimum Gasteiger partial charge on any atom is -0.508 e. The standard InChI is InChI=1S/C14H15N3O4/c18-11-3-1-9(2-4-11)5-13(19)17-12(14(20)21)6-10-7-15-8-16-10/h1-4,7-8,12,18H,5-6H2,(H,15,16)(H,17,19)(H,20,21)/t12-/m1/s1. The summed E-state index contributed by atoms with van der Waals surface area (Å²) in [4.78, 5) is 29.7. The number of hydrogen-bond acceptors (Lipinski definition) is 4. The Bertz CT molecular complexity index is 608. The maximum absolute atomic E-state index is 11.9. The van der Waals surface area contributed by atoms with E-state index in [1.54, 1.807) is 12.1 Å². The van der Waals surface area contributed by atoms with E-state index in [9.17, 15) is 9.59 Å². The van der Waals surface area contributed by atoms with Crippen LogP contribution in [-0.2, 0) is 22.4 Å². The van der Waals surface area contributed by atoms with Crippen LogP contribution < -0.4 is 5.32 Å². The number of aromatic hydroxyl groups is 1. The van der Waals surface area contributed by atoms with Gasteiger partial charge in [-0.1, -0.05) is 12.1 Å². The van der Waals surface area contributed by atoms with E-state index in [0.29, 0.717) is 11.3 Å². The van der Waals surface area contributed by atoms with Crippen molar-refractivity contribution >= 4 is 11.9 Å². The summed E-state index contributed by atoms with van der Waals surface area (Å²) < 4.78 is 0. The van der Waals surface area contributed by atoms with Crippen LogP contribution in [0.5, 0.6) is 5.75 Å². The lowest BCUT2D eigenvalue weighted by molar-refractivity contribution is -0.141. The molecule has 1 aromatic heterocycles. The molecule has 1 atom stereocenters. The highest BCUT2D eigenvalue weighted by molar-refractivity contribution is 5.85. The molecule has 0 aliphatic carbocycles. The molecule has 0 saturated heterocycles. The molecule has 7 nitrogen and oxygen atoms in total. The van der Waals surface area contributed by atoms with E-state index in [0.717, 1.165) is 0 Å². The molecular weight excluding hydrogens is 274 g/mol. The second kappa shape index (κ2) is 6.56. The van der Waals surface area contributed by atoms with Gasteiger partial charge >= 0.3 is 5.97 Å². The lowest BCUT2D eigenvalue weighted by Crippen LogP contribution is -2.43. The lowest BCUT2D eigenvalue weighted by Gasteiger charge is -2.13. The number of amides is 1. The molecule has 0 bridgehead atoms. The summed E-state index contributed by atoms with van der Waals surface area (Å²) in [7, 11) is 0. The number of carboxylic acids is 1. The smallest absolute Gasteiger partial charge is 0.326 e. The van der Waals surface area contributed by atoms with Crippen molar-refractivity contribution in [3.63, 3.8) is 0 Å². The number of aromatic nitrogens is 2. The molecule has 0 aliphatic heterocycles. The number of hydrogen-bond donors (Lipinski definition) is 4. The Morgan fingerprint density at radius 1 is 1.29 bits per heavy atom. The zero-order valence-electron chi connectivity index (χ0n) is 11.1. The fraction of sp³-hybridized carbons (Fsp3) is 0.214.